The lowest BCUT2D eigenvalue weighted by Crippen LogP contribution is -2.33. The third kappa shape index (κ3) is 6.11. The molecule has 9 nitrogen and oxygen atoms in total. The molecule has 2 rings (SSSR count). The van der Waals surface area contributed by atoms with E-state index in [9.17, 15) is 18.5 Å². The molecule has 1 aliphatic carbocycles. The van der Waals surface area contributed by atoms with Gasteiger partial charge in [0.25, 0.3) is 5.69 Å². The predicted molar refractivity (Wildman–Crippen MR) is 103 cm³/mol. The van der Waals surface area contributed by atoms with Gasteiger partial charge in [-0.05, 0) is 25.0 Å². The van der Waals surface area contributed by atoms with Gasteiger partial charge in [0.15, 0.2) is 15.8 Å². The smallest absolute Gasteiger partial charge is 0.293 e. The van der Waals surface area contributed by atoms with Crippen LogP contribution < -0.4 is 16.4 Å². The highest BCUT2D eigenvalue weighted by Gasteiger charge is 2.21. The zero-order valence-electron chi connectivity index (χ0n) is 13.1. The lowest BCUT2D eigenvalue weighted by molar-refractivity contribution is -0.384. The van der Waals surface area contributed by atoms with Crippen LogP contribution in [0.4, 0.5) is 11.4 Å². The summed E-state index contributed by atoms with van der Waals surface area (Å²) in [7, 11) is -3.50. The summed E-state index contributed by atoms with van der Waals surface area (Å²) in [5.41, 5.74) is 5.63. The van der Waals surface area contributed by atoms with E-state index in [0.717, 1.165) is 25.2 Å². The van der Waals surface area contributed by atoms with Gasteiger partial charge in [-0.25, -0.2) is 8.42 Å². The highest BCUT2D eigenvalue weighted by atomic mass is 127. The number of hydrogen-bond acceptors (Lipinski definition) is 6. The van der Waals surface area contributed by atoms with Crippen LogP contribution >= 0.6 is 24.0 Å². The number of nitrogens with zero attached hydrogens (tertiary/aromatic N) is 2. The quantitative estimate of drug-likeness (QED) is 0.136. The number of nitrogens with one attached hydrogen (secondary N) is 2. The highest BCUT2D eigenvalue weighted by Crippen LogP contribution is 2.27. The molecule has 0 radical (unpaired) electrons. The zero-order valence-corrected chi connectivity index (χ0v) is 16.2. The van der Waals surface area contributed by atoms with Gasteiger partial charge in [0.1, 0.15) is 5.69 Å². The fourth-order valence-electron chi connectivity index (χ4n) is 1.89. The maximum atomic E-state index is 11.5. The third-order valence-electron chi connectivity index (χ3n) is 3.23. The molecule has 0 bridgehead atoms. The molecular weight excluding hydrogens is 449 g/mol. The molecule has 0 saturated heterocycles. The van der Waals surface area contributed by atoms with Crippen molar-refractivity contribution in [2.24, 2.45) is 10.7 Å². The molecule has 4 N–H and O–H groups in total. The number of benzene rings is 1. The monoisotopic (exact) mass is 469 g/mol. The molecule has 0 unspecified atom stereocenters. The number of nitrogens with two attached hydrogens (primary N) is 1. The van der Waals surface area contributed by atoms with Crippen molar-refractivity contribution in [3.8, 4) is 0 Å². The summed E-state index contributed by atoms with van der Waals surface area (Å²) in [5, 5.41) is 17.0. The molecule has 1 aromatic carbocycles. The SMILES string of the molecule is CS(=O)(=O)c1ccc(NCCN=C(N)NC2CC2)c([N+](=O)[O-])c1.I. The molecule has 0 heterocycles. The van der Waals surface area contributed by atoms with Gasteiger partial charge < -0.3 is 16.4 Å². The number of guanidine groups is 1. The second kappa shape index (κ2) is 8.46. The second-order valence-corrected chi connectivity index (χ2v) is 7.34. The maximum absolute atomic E-state index is 11.5. The number of halogens is 1. The van der Waals surface area contributed by atoms with E-state index in [2.05, 4.69) is 15.6 Å². The molecule has 1 fully saturated rings. The summed E-state index contributed by atoms with van der Waals surface area (Å²) < 4.78 is 22.9. The first-order valence-electron chi connectivity index (χ1n) is 7.06. The van der Waals surface area contributed by atoms with E-state index in [1.165, 1.54) is 12.1 Å². The Bertz CT molecular complexity index is 734. The molecule has 1 aromatic rings. The van der Waals surface area contributed by atoms with Crippen LogP contribution in [0.5, 0.6) is 0 Å². The van der Waals surface area contributed by atoms with Crippen molar-refractivity contribution < 1.29 is 13.3 Å². The minimum absolute atomic E-state index is 0. The molecule has 0 aromatic heterocycles. The van der Waals surface area contributed by atoms with Crippen molar-refractivity contribution >= 4 is 51.1 Å². The largest absolute Gasteiger partial charge is 0.378 e. The number of hydrogen-bond donors (Lipinski definition) is 3. The Morgan fingerprint density at radius 3 is 2.67 bits per heavy atom. The van der Waals surface area contributed by atoms with Crippen LogP contribution in [0.2, 0.25) is 0 Å². The Kier molecular flexibility index (Phi) is 7.20. The van der Waals surface area contributed by atoms with E-state index >= 15 is 0 Å². The lowest BCUT2D eigenvalue weighted by atomic mass is 10.2. The molecule has 0 amide bonds. The van der Waals surface area contributed by atoms with Gasteiger partial charge in [-0.2, -0.15) is 0 Å². The molecule has 11 heteroatoms. The van der Waals surface area contributed by atoms with Crippen LogP contribution in [-0.4, -0.2) is 44.7 Å². The Balaban J connectivity index is 0.00000288. The van der Waals surface area contributed by atoms with Crippen LogP contribution in [0.15, 0.2) is 28.1 Å². The van der Waals surface area contributed by atoms with Gasteiger partial charge in [-0.3, -0.25) is 15.1 Å². The average Bonchev–Trinajstić information content (AvgIpc) is 3.26. The lowest BCUT2D eigenvalue weighted by Gasteiger charge is -2.08. The minimum Gasteiger partial charge on any atom is -0.378 e. The van der Waals surface area contributed by atoms with Crippen molar-refractivity contribution in [3.63, 3.8) is 0 Å². The van der Waals surface area contributed by atoms with Crippen molar-refractivity contribution in [2.75, 3.05) is 24.7 Å². The van der Waals surface area contributed by atoms with Crippen LogP contribution in [0, 0.1) is 10.1 Å². The van der Waals surface area contributed by atoms with Gasteiger partial charge in [0.05, 0.1) is 16.4 Å². The summed E-state index contributed by atoms with van der Waals surface area (Å²) in [6, 6.07) is 4.17. The van der Waals surface area contributed by atoms with Crippen LogP contribution in [0.25, 0.3) is 0 Å². The van der Waals surface area contributed by atoms with Crippen LogP contribution in [0.1, 0.15) is 12.8 Å². The number of nitro benzene ring substituents is 1. The van der Waals surface area contributed by atoms with Crippen molar-refractivity contribution in [1.82, 2.24) is 5.32 Å². The van der Waals surface area contributed by atoms with Gasteiger partial charge in [0, 0.05) is 24.9 Å². The minimum atomic E-state index is -3.50. The zero-order chi connectivity index (χ0) is 17.0. The van der Waals surface area contributed by atoms with E-state index < -0.39 is 14.8 Å². The number of anilines is 1. The first-order chi connectivity index (χ1) is 10.8. The maximum Gasteiger partial charge on any atom is 0.293 e. The average molecular weight is 469 g/mol. The highest BCUT2D eigenvalue weighted by molar-refractivity contribution is 14.0. The number of aliphatic imine (C=N–C) groups is 1. The molecule has 1 aliphatic rings. The summed E-state index contributed by atoms with van der Waals surface area (Å²) in [5.74, 6) is 0.358. The van der Waals surface area contributed by atoms with E-state index in [4.69, 9.17) is 5.73 Å². The normalized spacial score (nSPS) is 14.6. The predicted octanol–water partition coefficient (Wildman–Crippen LogP) is 1.09. The van der Waals surface area contributed by atoms with E-state index in [-0.39, 0.29) is 40.2 Å². The molecular formula is C13H20IN5O4S. The van der Waals surface area contributed by atoms with Crippen LogP contribution in [-0.2, 0) is 9.84 Å². The fraction of sp³-hybridized carbons (Fsp3) is 0.462. The summed E-state index contributed by atoms with van der Waals surface area (Å²) in [6.45, 7) is 0.683. The van der Waals surface area contributed by atoms with E-state index in [1.807, 2.05) is 0 Å². The van der Waals surface area contributed by atoms with Crippen LogP contribution in [0.3, 0.4) is 0 Å². The molecule has 24 heavy (non-hydrogen) atoms. The standard InChI is InChI=1S/C13H19N5O4S.HI/c1-23(21,22)10-4-5-11(12(8-10)18(19)20)15-6-7-16-13(14)17-9-2-3-9;/h4-5,8-9,15H,2-3,6-7H2,1H3,(H3,14,16,17);1H. The van der Waals surface area contributed by atoms with Gasteiger partial charge in [-0.1, -0.05) is 0 Å². The first-order valence-corrected chi connectivity index (χ1v) is 8.95. The topological polar surface area (TPSA) is 140 Å². The van der Waals surface area contributed by atoms with Crippen molar-refractivity contribution in [3.05, 3.63) is 28.3 Å². The summed E-state index contributed by atoms with van der Waals surface area (Å²) in [6.07, 6.45) is 3.18. The second-order valence-electron chi connectivity index (χ2n) is 5.32. The van der Waals surface area contributed by atoms with Crippen molar-refractivity contribution in [1.29, 1.82) is 0 Å². The summed E-state index contributed by atoms with van der Waals surface area (Å²) >= 11 is 0. The third-order valence-corrected chi connectivity index (χ3v) is 4.34. The van der Waals surface area contributed by atoms with E-state index in [0.29, 0.717) is 25.1 Å². The number of rotatable bonds is 7. The van der Waals surface area contributed by atoms with E-state index in [1.54, 1.807) is 0 Å². The Labute approximate surface area is 157 Å². The molecule has 1 saturated carbocycles. The Morgan fingerprint density at radius 2 is 2.12 bits per heavy atom. The molecule has 134 valence electrons. The Morgan fingerprint density at radius 1 is 1.46 bits per heavy atom. The first kappa shape index (κ1) is 20.4. The number of sulfone groups is 1. The fourth-order valence-corrected chi connectivity index (χ4v) is 2.53. The molecule has 0 aliphatic heterocycles. The van der Waals surface area contributed by atoms with Gasteiger partial charge in [0.2, 0.25) is 0 Å². The Hall–Kier alpha value is -1.63. The summed E-state index contributed by atoms with van der Waals surface area (Å²) in [4.78, 5) is 14.5. The molecule has 0 spiro atoms. The van der Waals surface area contributed by atoms with Crippen molar-refractivity contribution in [2.45, 2.75) is 23.8 Å². The number of nitro groups is 1. The molecule has 0 atom stereocenters. The van der Waals surface area contributed by atoms with Gasteiger partial charge in [-0.15, -0.1) is 24.0 Å². The van der Waals surface area contributed by atoms with Gasteiger partial charge >= 0.3 is 0 Å².